The molecule has 5 heteroatoms. The third-order valence-corrected chi connectivity index (χ3v) is 4.12. The maximum Gasteiger partial charge on any atom is 0.279 e. The summed E-state index contributed by atoms with van der Waals surface area (Å²) in [6.45, 7) is 6.41. The topological polar surface area (TPSA) is 42.8 Å². The van der Waals surface area contributed by atoms with Crippen molar-refractivity contribution in [2.45, 2.75) is 26.1 Å². The van der Waals surface area contributed by atoms with Gasteiger partial charge >= 0.3 is 0 Å². The Bertz CT molecular complexity index is 443. The van der Waals surface area contributed by atoms with Crippen molar-refractivity contribution >= 4 is 34.2 Å². The molecule has 0 aromatic heterocycles. The van der Waals surface area contributed by atoms with Gasteiger partial charge in [0.05, 0.1) is 5.69 Å². The Morgan fingerprint density at radius 3 is 2.63 bits per heavy atom. The second kappa shape index (κ2) is 6.67. The zero-order valence-electron chi connectivity index (χ0n) is 11.3. The smallest absolute Gasteiger partial charge is 0.279 e. The Hall–Kier alpha value is -0.660. The molecule has 2 atom stereocenters. The summed E-state index contributed by atoms with van der Waals surface area (Å²) in [6.07, 6.45) is 0.451. The van der Waals surface area contributed by atoms with Crippen LogP contribution in [0.2, 0.25) is 0 Å². The number of hydrogen-bond acceptors (Lipinski definition) is 2. The van der Waals surface area contributed by atoms with E-state index in [1.165, 1.54) is 4.90 Å². The Balaban J connectivity index is 1.89. The molecule has 1 aromatic rings. The fourth-order valence-corrected chi connectivity index (χ4v) is 3.04. The fraction of sp³-hybridized carbons (Fsp3) is 0.500. The minimum absolute atomic E-state index is 0.0698. The minimum Gasteiger partial charge on any atom is -0.364 e. The van der Waals surface area contributed by atoms with Gasteiger partial charge in [-0.1, -0.05) is 12.1 Å². The number of nitrogens with one attached hydrogen (secondary N) is 2. The highest BCUT2D eigenvalue weighted by atomic mass is 127. The number of quaternary nitrogens is 1. The van der Waals surface area contributed by atoms with Gasteiger partial charge in [0.15, 0.2) is 6.54 Å². The lowest BCUT2D eigenvalue weighted by Gasteiger charge is -2.31. The maximum absolute atomic E-state index is 12.1. The number of benzene rings is 1. The second-order valence-electron chi connectivity index (χ2n) is 5.12. The molecule has 104 valence electrons. The van der Waals surface area contributed by atoms with E-state index in [-0.39, 0.29) is 18.1 Å². The lowest BCUT2D eigenvalue weighted by atomic mass is 10.2. The summed E-state index contributed by atoms with van der Waals surface area (Å²) < 4.78 is 6.74. The van der Waals surface area contributed by atoms with Gasteiger partial charge in [-0.15, -0.1) is 0 Å². The molecule has 2 rings (SSSR count). The number of hydrogen-bond donors (Lipinski definition) is 2. The van der Waals surface area contributed by atoms with Crippen molar-refractivity contribution in [2.75, 3.05) is 25.0 Å². The fourth-order valence-electron chi connectivity index (χ4n) is 2.52. The second-order valence-corrected chi connectivity index (χ2v) is 6.28. The highest BCUT2D eigenvalue weighted by molar-refractivity contribution is 14.1. The molecule has 4 nitrogen and oxygen atoms in total. The lowest BCUT2D eigenvalue weighted by molar-refractivity contribution is -0.907. The number of carbonyl (C=O) groups excluding carboxylic acids is 1. The van der Waals surface area contributed by atoms with Gasteiger partial charge in [0.2, 0.25) is 0 Å². The average Bonchev–Trinajstić information content (AvgIpc) is 2.30. The quantitative estimate of drug-likeness (QED) is 0.772. The Morgan fingerprint density at radius 1 is 1.37 bits per heavy atom. The predicted molar refractivity (Wildman–Crippen MR) is 83.4 cm³/mol. The largest absolute Gasteiger partial charge is 0.364 e. The van der Waals surface area contributed by atoms with Gasteiger partial charge in [0.25, 0.3) is 5.91 Å². The first kappa shape index (κ1) is 14.7. The molecule has 1 aliphatic heterocycles. The number of rotatable bonds is 3. The molecular weight excluding hydrogens is 355 g/mol. The Labute approximate surface area is 127 Å². The van der Waals surface area contributed by atoms with E-state index in [0.29, 0.717) is 6.54 Å². The summed E-state index contributed by atoms with van der Waals surface area (Å²) in [5.74, 6) is 0.0698. The molecule has 19 heavy (non-hydrogen) atoms. The molecule has 0 aliphatic carbocycles. The molecule has 0 saturated carbocycles. The maximum atomic E-state index is 12.1. The zero-order chi connectivity index (χ0) is 13.8. The average molecular weight is 375 g/mol. The Kier molecular flexibility index (Phi) is 5.18. The molecular formula is C14H20IN2O2+. The van der Waals surface area contributed by atoms with Gasteiger partial charge in [-0.2, -0.15) is 0 Å². The van der Waals surface area contributed by atoms with Crippen LogP contribution in [0.25, 0.3) is 0 Å². The van der Waals surface area contributed by atoms with Crippen LogP contribution in [-0.4, -0.2) is 37.7 Å². The number of carbonyl (C=O) groups is 1. The molecule has 1 aliphatic rings. The molecule has 0 bridgehead atoms. The van der Waals surface area contributed by atoms with Crippen LogP contribution in [0.1, 0.15) is 13.8 Å². The highest BCUT2D eigenvalue weighted by Crippen LogP contribution is 2.16. The first-order chi connectivity index (χ1) is 9.04. The molecule has 1 amide bonds. The highest BCUT2D eigenvalue weighted by Gasteiger charge is 2.27. The van der Waals surface area contributed by atoms with E-state index in [4.69, 9.17) is 4.74 Å². The number of morpholine rings is 1. The number of anilines is 1. The van der Waals surface area contributed by atoms with E-state index in [9.17, 15) is 4.79 Å². The van der Waals surface area contributed by atoms with Gasteiger partial charge in [-0.25, -0.2) is 0 Å². The van der Waals surface area contributed by atoms with Crippen LogP contribution in [0.5, 0.6) is 0 Å². The first-order valence-electron chi connectivity index (χ1n) is 6.58. The zero-order valence-corrected chi connectivity index (χ0v) is 13.4. The van der Waals surface area contributed by atoms with Crippen LogP contribution in [-0.2, 0) is 9.53 Å². The van der Waals surface area contributed by atoms with Crippen molar-refractivity contribution in [3.63, 3.8) is 0 Å². The van der Waals surface area contributed by atoms with E-state index in [1.54, 1.807) is 0 Å². The minimum atomic E-state index is 0.0698. The van der Waals surface area contributed by atoms with Gasteiger partial charge in [-0.3, -0.25) is 4.79 Å². The Morgan fingerprint density at radius 2 is 2.00 bits per heavy atom. The van der Waals surface area contributed by atoms with Crippen LogP contribution < -0.4 is 10.2 Å². The molecule has 0 spiro atoms. The molecule has 1 fully saturated rings. The van der Waals surface area contributed by atoms with Crippen LogP contribution in [0, 0.1) is 3.57 Å². The van der Waals surface area contributed by atoms with E-state index in [1.807, 2.05) is 24.3 Å². The summed E-state index contributed by atoms with van der Waals surface area (Å²) in [4.78, 5) is 13.4. The number of halogens is 1. The van der Waals surface area contributed by atoms with Gasteiger partial charge in [0.1, 0.15) is 25.3 Å². The SMILES string of the molecule is C[C@H]1C[NH+](CC(=O)Nc2ccccc2I)C[C@H](C)O1. The number of para-hydroxylation sites is 1. The van der Waals surface area contributed by atoms with Crippen molar-refractivity contribution in [3.05, 3.63) is 27.8 Å². The van der Waals surface area contributed by atoms with Gasteiger partial charge in [-0.05, 0) is 48.6 Å². The third kappa shape index (κ3) is 4.43. The van der Waals surface area contributed by atoms with E-state index in [2.05, 4.69) is 41.8 Å². The summed E-state index contributed by atoms with van der Waals surface area (Å²) >= 11 is 2.23. The lowest BCUT2D eigenvalue weighted by Crippen LogP contribution is -3.16. The summed E-state index contributed by atoms with van der Waals surface area (Å²) in [7, 11) is 0. The van der Waals surface area contributed by atoms with E-state index in [0.717, 1.165) is 22.3 Å². The predicted octanol–water partition coefficient (Wildman–Crippen LogP) is 0.922. The molecule has 0 radical (unpaired) electrons. The molecule has 1 saturated heterocycles. The normalized spacial score (nSPS) is 27.0. The van der Waals surface area contributed by atoms with Gasteiger partial charge < -0.3 is 15.0 Å². The van der Waals surface area contributed by atoms with E-state index >= 15 is 0 Å². The van der Waals surface area contributed by atoms with Crippen molar-refractivity contribution in [1.82, 2.24) is 0 Å². The molecule has 1 heterocycles. The number of amides is 1. The van der Waals surface area contributed by atoms with Crippen LogP contribution in [0.15, 0.2) is 24.3 Å². The third-order valence-electron chi connectivity index (χ3n) is 3.18. The van der Waals surface area contributed by atoms with Crippen molar-refractivity contribution < 1.29 is 14.4 Å². The number of ether oxygens (including phenoxy) is 1. The monoisotopic (exact) mass is 375 g/mol. The van der Waals surface area contributed by atoms with Crippen molar-refractivity contribution in [3.8, 4) is 0 Å². The first-order valence-corrected chi connectivity index (χ1v) is 7.66. The molecule has 1 aromatic carbocycles. The van der Waals surface area contributed by atoms with Crippen LogP contribution in [0.3, 0.4) is 0 Å². The van der Waals surface area contributed by atoms with E-state index < -0.39 is 0 Å². The van der Waals surface area contributed by atoms with Crippen LogP contribution >= 0.6 is 22.6 Å². The van der Waals surface area contributed by atoms with Crippen molar-refractivity contribution in [2.24, 2.45) is 0 Å². The van der Waals surface area contributed by atoms with Crippen molar-refractivity contribution in [1.29, 1.82) is 0 Å². The standard InChI is InChI=1S/C14H19IN2O2/c1-10-7-17(8-11(2)19-10)9-14(18)16-13-6-4-3-5-12(13)15/h3-6,10-11H,7-9H2,1-2H3,(H,16,18)/p+1/t10-,11-/m0/s1. The van der Waals surface area contributed by atoms with Crippen LogP contribution in [0.4, 0.5) is 5.69 Å². The summed E-state index contributed by atoms with van der Waals surface area (Å²) in [6, 6.07) is 7.82. The molecule has 0 unspecified atom stereocenters. The summed E-state index contributed by atoms with van der Waals surface area (Å²) in [5.41, 5.74) is 0.891. The van der Waals surface area contributed by atoms with Gasteiger partial charge in [0, 0.05) is 3.57 Å². The molecule has 2 N–H and O–H groups in total. The summed E-state index contributed by atoms with van der Waals surface area (Å²) in [5, 5.41) is 2.98.